The van der Waals surface area contributed by atoms with Crippen molar-refractivity contribution in [2.45, 2.75) is 39.2 Å². The van der Waals surface area contributed by atoms with E-state index in [0.717, 1.165) is 12.8 Å². The zero-order valence-electron chi connectivity index (χ0n) is 10.5. The first-order valence-electron chi connectivity index (χ1n) is 5.91. The summed E-state index contributed by atoms with van der Waals surface area (Å²) in [6.45, 7) is 6.32. The summed E-state index contributed by atoms with van der Waals surface area (Å²) in [7, 11) is 0. The molecule has 5 heteroatoms. The molecular formula is C12H18N2O3. The smallest absolute Gasteiger partial charge is 0.259 e. The van der Waals surface area contributed by atoms with Gasteiger partial charge >= 0.3 is 0 Å². The average molecular weight is 238 g/mol. The third-order valence-corrected chi connectivity index (χ3v) is 3.22. The molecule has 1 N–H and O–H groups in total. The van der Waals surface area contributed by atoms with Crippen molar-refractivity contribution in [2.75, 3.05) is 13.1 Å². The standard InChI is InChI=1S/C12H18N2O3/c1-4-5-12(16)6-14(7-12)11(15)10-8(2)13-17-9(10)3/h16H,4-7H2,1-3H3. The van der Waals surface area contributed by atoms with Crippen LogP contribution < -0.4 is 0 Å². The predicted molar refractivity (Wildman–Crippen MR) is 61.7 cm³/mol. The molecule has 0 unspecified atom stereocenters. The van der Waals surface area contributed by atoms with Crippen molar-refractivity contribution in [3.63, 3.8) is 0 Å². The van der Waals surface area contributed by atoms with Crippen molar-refractivity contribution in [1.82, 2.24) is 10.1 Å². The Morgan fingerprint density at radius 3 is 2.65 bits per heavy atom. The minimum Gasteiger partial charge on any atom is -0.386 e. The first-order valence-corrected chi connectivity index (χ1v) is 5.91. The number of amides is 1. The summed E-state index contributed by atoms with van der Waals surface area (Å²) in [5.74, 6) is 0.445. The van der Waals surface area contributed by atoms with Gasteiger partial charge in [-0.15, -0.1) is 0 Å². The maximum Gasteiger partial charge on any atom is 0.259 e. The Labute approximate surface area is 100 Å². The summed E-state index contributed by atoms with van der Waals surface area (Å²) in [5, 5.41) is 13.8. The highest BCUT2D eigenvalue weighted by Gasteiger charge is 2.43. The van der Waals surface area contributed by atoms with E-state index in [1.54, 1.807) is 18.7 Å². The normalized spacial score (nSPS) is 18.0. The zero-order valence-corrected chi connectivity index (χ0v) is 10.5. The van der Waals surface area contributed by atoms with Crippen LogP contribution in [0.1, 0.15) is 41.6 Å². The zero-order chi connectivity index (χ0) is 12.6. The Balaban J connectivity index is 2.05. The number of nitrogens with zero attached hydrogens (tertiary/aromatic N) is 2. The van der Waals surface area contributed by atoms with Gasteiger partial charge in [0, 0.05) is 0 Å². The molecule has 0 atom stereocenters. The molecule has 2 rings (SSSR count). The van der Waals surface area contributed by atoms with E-state index in [1.807, 2.05) is 6.92 Å². The number of aryl methyl sites for hydroxylation is 2. The van der Waals surface area contributed by atoms with Gasteiger partial charge in [0.15, 0.2) is 0 Å². The van der Waals surface area contributed by atoms with Gasteiger partial charge in [-0.1, -0.05) is 18.5 Å². The fraction of sp³-hybridized carbons (Fsp3) is 0.667. The molecule has 0 bridgehead atoms. The molecule has 1 amide bonds. The van der Waals surface area contributed by atoms with E-state index in [-0.39, 0.29) is 5.91 Å². The minimum atomic E-state index is -0.691. The topological polar surface area (TPSA) is 66.6 Å². The van der Waals surface area contributed by atoms with Gasteiger partial charge in [0.05, 0.1) is 24.4 Å². The number of hydrogen-bond donors (Lipinski definition) is 1. The van der Waals surface area contributed by atoms with Gasteiger partial charge in [0.2, 0.25) is 0 Å². The van der Waals surface area contributed by atoms with Crippen LogP contribution in [0.4, 0.5) is 0 Å². The molecule has 1 aliphatic rings. The summed E-state index contributed by atoms with van der Waals surface area (Å²) in [6.07, 6.45) is 1.65. The molecule has 1 fully saturated rings. The third-order valence-electron chi connectivity index (χ3n) is 3.22. The summed E-state index contributed by atoms with van der Waals surface area (Å²) >= 11 is 0. The van der Waals surface area contributed by atoms with Crippen molar-refractivity contribution in [2.24, 2.45) is 0 Å². The van der Waals surface area contributed by atoms with Gasteiger partial charge in [0.25, 0.3) is 5.91 Å². The fourth-order valence-corrected chi connectivity index (χ4v) is 2.38. The van der Waals surface area contributed by atoms with Crippen LogP contribution >= 0.6 is 0 Å². The summed E-state index contributed by atoms with van der Waals surface area (Å²) in [6, 6.07) is 0. The Hall–Kier alpha value is -1.36. The quantitative estimate of drug-likeness (QED) is 0.861. The Morgan fingerprint density at radius 1 is 1.53 bits per heavy atom. The van der Waals surface area contributed by atoms with Crippen molar-refractivity contribution >= 4 is 5.91 Å². The van der Waals surface area contributed by atoms with E-state index >= 15 is 0 Å². The molecule has 1 aliphatic heterocycles. The highest BCUT2D eigenvalue weighted by atomic mass is 16.5. The SMILES string of the molecule is CCCC1(O)CN(C(=O)c2c(C)noc2C)C1. The van der Waals surface area contributed by atoms with Gasteiger partial charge in [-0.3, -0.25) is 4.79 Å². The van der Waals surface area contributed by atoms with E-state index < -0.39 is 5.60 Å². The van der Waals surface area contributed by atoms with Crippen LogP contribution in [0.25, 0.3) is 0 Å². The molecule has 0 radical (unpaired) electrons. The molecule has 2 heterocycles. The van der Waals surface area contributed by atoms with Crippen LogP contribution in [0.3, 0.4) is 0 Å². The molecule has 1 saturated heterocycles. The lowest BCUT2D eigenvalue weighted by molar-refractivity contribution is -0.0860. The lowest BCUT2D eigenvalue weighted by atomic mass is 9.88. The third kappa shape index (κ3) is 2.07. The number of aliphatic hydroxyl groups is 1. The summed E-state index contributed by atoms with van der Waals surface area (Å²) in [5.41, 5.74) is 0.450. The monoisotopic (exact) mass is 238 g/mol. The molecule has 0 spiro atoms. The van der Waals surface area contributed by atoms with Crippen LogP contribution in [0.2, 0.25) is 0 Å². The lowest BCUT2D eigenvalue weighted by Gasteiger charge is -2.46. The van der Waals surface area contributed by atoms with Crippen LogP contribution in [0.15, 0.2) is 4.52 Å². The average Bonchev–Trinajstić information content (AvgIpc) is 2.54. The number of carbonyl (C=O) groups excluding carboxylic acids is 1. The first-order chi connectivity index (χ1) is 7.97. The minimum absolute atomic E-state index is 0.0953. The van der Waals surface area contributed by atoms with Crippen LogP contribution in [0.5, 0.6) is 0 Å². The lowest BCUT2D eigenvalue weighted by Crippen LogP contribution is -2.63. The maximum absolute atomic E-state index is 12.1. The molecule has 0 aromatic carbocycles. The number of rotatable bonds is 3. The number of carbonyl (C=O) groups is 1. The van der Waals surface area contributed by atoms with Gasteiger partial charge < -0.3 is 14.5 Å². The number of likely N-dealkylation sites (tertiary alicyclic amines) is 1. The second-order valence-corrected chi connectivity index (χ2v) is 4.83. The van der Waals surface area contributed by atoms with E-state index in [9.17, 15) is 9.90 Å². The Kier molecular flexibility index (Phi) is 2.95. The molecular weight excluding hydrogens is 220 g/mol. The Morgan fingerprint density at radius 2 is 2.18 bits per heavy atom. The van der Waals surface area contributed by atoms with Crippen molar-refractivity contribution in [3.05, 3.63) is 17.0 Å². The number of β-amino-alcohol motifs (C(OH)–C–C–N with tert-alkyl or cyclic N) is 1. The van der Waals surface area contributed by atoms with E-state index in [4.69, 9.17) is 4.52 Å². The second-order valence-electron chi connectivity index (χ2n) is 4.83. The molecule has 94 valence electrons. The highest BCUT2D eigenvalue weighted by Crippen LogP contribution is 2.28. The molecule has 1 aromatic rings. The maximum atomic E-state index is 12.1. The number of aromatic nitrogens is 1. The van der Waals surface area contributed by atoms with Crippen LogP contribution in [-0.4, -0.2) is 39.8 Å². The van der Waals surface area contributed by atoms with Gasteiger partial charge in [-0.05, 0) is 20.3 Å². The largest absolute Gasteiger partial charge is 0.386 e. The second kappa shape index (κ2) is 4.14. The molecule has 0 aliphatic carbocycles. The van der Waals surface area contributed by atoms with Gasteiger partial charge in [-0.25, -0.2) is 0 Å². The van der Waals surface area contributed by atoms with Gasteiger partial charge in [0.1, 0.15) is 11.3 Å². The molecule has 0 saturated carbocycles. The van der Waals surface area contributed by atoms with E-state index in [0.29, 0.717) is 30.1 Å². The fourth-order valence-electron chi connectivity index (χ4n) is 2.38. The van der Waals surface area contributed by atoms with Crippen LogP contribution in [-0.2, 0) is 0 Å². The van der Waals surface area contributed by atoms with E-state index in [1.165, 1.54) is 0 Å². The first kappa shape index (κ1) is 12.1. The molecule has 17 heavy (non-hydrogen) atoms. The van der Waals surface area contributed by atoms with Crippen LogP contribution in [0, 0.1) is 13.8 Å². The van der Waals surface area contributed by atoms with Crippen molar-refractivity contribution in [3.8, 4) is 0 Å². The predicted octanol–water partition coefficient (Wildman–Crippen LogP) is 1.28. The van der Waals surface area contributed by atoms with E-state index in [2.05, 4.69) is 5.16 Å². The summed E-state index contributed by atoms with van der Waals surface area (Å²) < 4.78 is 4.97. The Bertz CT molecular complexity index is 413. The van der Waals surface area contributed by atoms with Gasteiger partial charge in [-0.2, -0.15) is 0 Å². The highest BCUT2D eigenvalue weighted by molar-refractivity contribution is 5.96. The van der Waals surface area contributed by atoms with Crippen molar-refractivity contribution < 1.29 is 14.4 Å². The molecule has 1 aromatic heterocycles. The van der Waals surface area contributed by atoms with Crippen molar-refractivity contribution in [1.29, 1.82) is 0 Å². The number of hydrogen-bond acceptors (Lipinski definition) is 4. The molecule has 5 nitrogen and oxygen atoms in total. The summed E-state index contributed by atoms with van der Waals surface area (Å²) in [4.78, 5) is 13.8.